The molecule has 0 saturated heterocycles. The molecule has 0 heterocycles. The molecular formula is C33H33Cl2N3O5S. The number of carbonyl (C=O) groups excluding carboxylic acids is 2. The van der Waals surface area contributed by atoms with Crippen LogP contribution in [0, 0.1) is 0 Å². The second-order valence-corrected chi connectivity index (χ2v) is 12.8. The van der Waals surface area contributed by atoms with Crippen LogP contribution in [0.4, 0.5) is 5.69 Å². The molecule has 44 heavy (non-hydrogen) atoms. The van der Waals surface area contributed by atoms with Crippen LogP contribution >= 0.6 is 23.2 Å². The lowest BCUT2D eigenvalue weighted by Gasteiger charge is -2.33. The van der Waals surface area contributed by atoms with Crippen molar-refractivity contribution in [1.29, 1.82) is 0 Å². The normalized spacial score (nSPS) is 11.8. The van der Waals surface area contributed by atoms with Crippen molar-refractivity contribution in [3.8, 4) is 5.75 Å². The van der Waals surface area contributed by atoms with Gasteiger partial charge < -0.3 is 15.0 Å². The first-order valence-corrected chi connectivity index (χ1v) is 16.4. The number of sulfonamides is 1. The molecule has 0 aromatic heterocycles. The van der Waals surface area contributed by atoms with Crippen LogP contribution in [0.15, 0.2) is 103 Å². The zero-order valence-corrected chi connectivity index (χ0v) is 26.6. The average molecular weight is 655 g/mol. The van der Waals surface area contributed by atoms with Gasteiger partial charge in [0, 0.05) is 20.0 Å². The topological polar surface area (TPSA) is 96.0 Å². The Bertz CT molecular complexity index is 1670. The van der Waals surface area contributed by atoms with Gasteiger partial charge in [-0.15, -0.1) is 0 Å². The summed E-state index contributed by atoms with van der Waals surface area (Å²) in [6.45, 7) is -0.197. The van der Waals surface area contributed by atoms with Gasteiger partial charge in [0.05, 0.1) is 22.0 Å². The summed E-state index contributed by atoms with van der Waals surface area (Å²) in [5.41, 5.74) is 2.73. The van der Waals surface area contributed by atoms with E-state index in [2.05, 4.69) is 5.32 Å². The van der Waals surface area contributed by atoms with E-state index in [0.717, 1.165) is 21.7 Å². The van der Waals surface area contributed by atoms with Crippen LogP contribution in [-0.4, -0.2) is 51.0 Å². The van der Waals surface area contributed by atoms with Gasteiger partial charge in [-0.3, -0.25) is 13.9 Å². The van der Waals surface area contributed by atoms with Crippen molar-refractivity contribution in [2.45, 2.75) is 25.6 Å². The van der Waals surface area contributed by atoms with Crippen molar-refractivity contribution in [2.24, 2.45) is 0 Å². The van der Waals surface area contributed by atoms with Crippen molar-refractivity contribution in [2.75, 3.05) is 24.2 Å². The number of hydrogen-bond donors (Lipinski definition) is 1. The van der Waals surface area contributed by atoms with Gasteiger partial charge in [0.25, 0.3) is 0 Å². The predicted octanol–water partition coefficient (Wildman–Crippen LogP) is 5.72. The highest BCUT2D eigenvalue weighted by atomic mass is 35.5. The zero-order chi connectivity index (χ0) is 31.7. The highest BCUT2D eigenvalue weighted by Gasteiger charge is 2.32. The first kappa shape index (κ1) is 32.9. The third kappa shape index (κ3) is 8.98. The quantitative estimate of drug-likeness (QED) is 0.199. The second kappa shape index (κ2) is 15.1. The highest BCUT2D eigenvalue weighted by Crippen LogP contribution is 2.26. The van der Waals surface area contributed by atoms with Crippen LogP contribution in [0.1, 0.15) is 16.7 Å². The van der Waals surface area contributed by atoms with E-state index in [1.807, 2.05) is 60.7 Å². The average Bonchev–Trinajstić information content (AvgIpc) is 3.02. The van der Waals surface area contributed by atoms with Crippen LogP contribution in [0.2, 0.25) is 10.0 Å². The molecule has 4 rings (SSSR count). The molecule has 0 saturated carbocycles. The fourth-order valence-electron chi connectivity index (χ4n) is 4.62. The van der Waals surface area contributed by atoms with Gasteiger partial charge in [-0.25, -0.2) is 8.42 Å². The Morgan fingerprint density at radius 2 is 1.43 bits per heavy atom. The number of rotatable bonds is 13. The van der Waals surface area contributed by atoms with Gasteiger partial charge in [-0.05, 0) is 53.1 Å². The van der Waals surface area contributed by atoms with Gasteiger partial charge in [0.2, 0.25) is 21.8 Å². The van der Waals surface area contributed by atoms with Crippen LogP contribution < -0.4 is 14.4 Å². The lowest BCUT2D eigenvalue weighted by molar-refractivity contribution is -0.139. The van der Waals surface area contributed by atoms with Crippen LogP contribution in [0.5, 0.6) is 5.75 Å². The predicted molar refractivity (Wildman–Crippen MR) is 174 cm³/mol. The molecule has 1 N–H and O–H groups in total. The fraction of sp³-hybridized carbons (Fsp3) is 0.212. The lowest BCUT2D eigenvalue weighted by atomic mass is 10.0. The Kier molecular flexibility index (Phi) is 11.3. The minimum Gasteiger partial charge on any atom is -0.489 e. The van der Waals surface area contributed by atoms with Crippen molar-refractivity contribution in [1.82, 2.24) is 10.2 Å². The minimum absolute atomic E-state index is 0.00942. The van der Waals surface area contributed by atoms with E-state index in [1.54, 1.807) is 42.5 Å². The van der Waals surface area contributed by atoms with Crippen molar-refractivity contribution in [3.63, 3.8) is 0 Å². The van der Waals surface area contributed by atoms with Crippen LogP contribution in [0.3, 0.4) is 0 Å². The molecule has 230 valence electrons. The summed E-state index contributed by atoms with van der Waals surface area (Å²) in [5, 5.41) is 3.29. The molecule has 0 radical (unpaired) electrons. The summed E-state index contributed by atoms with van der Waals surface area (Å²) >= 11 is 12.4. The summed E-state index contributed by atoms with van der Waals surface area (Å²) < 4.78 is 32.8. The second-order valence-electron chi connectivity index (χ2n) is 10.1. The molecule has 0 bridgehead atoms. The number of hydrogen-bond acceptors (Lipinski definition) is 5. The summed E-state index contributed by atoms with van der Waals surface area (Å²) in [6.07, 6.45) is 1.24. The Labute approximate surface area is 268 Å². The van der Waals surface area contributed by atoms with E-state index >= 15 is 0 Å². The molecule has 11 heteroatoms. The van der Waals surface area contributed by atoms with Gasteiger partial charge in [-0.2, -0.15) is 0 Å². The van der Waals surface area contributed by atoms with E-state index in [9.17, 15) is 18.0 Å². The van der Waals surface area contributed by atoms with Gasteiger partial charge >= 0.3 is 0 Å². The fourth-order valence-corrected chi connectivity index (χ4v) is 5.79. The summed E-state index contributed by atoms with van der Waals surface area (Å²) in [4.78, 5) is 28.7. The van der Waals surface area contributed by atoms with E-state index in [1.165, 1.54) is 11.9 Å². The number of benzene rings is 4. The SMILES string of the molecule is CNC(=O)[C@H](Cc1ccccc1)N(Cc1ccc(Cl)c(Cl)c1)C(=O)CN(c1ccc(OCc2ccccc2)cc1)S(C)(=O)=O. The van der Waals surface area contributed by atoms with Crippen molar-refractivity contribution in [3.05, 3.63) is 130 Å². The van der Waals surface area contributed by atoms with E-state index in [0.29, 0.717) is 28.0 Å². The highest BCUT2D eigenvalue weighted by molar-refractivity contribution is 7.92. The Morgan fingerprint density at radius 3 is 2.00 bits per heavy atom. The van der Waals surface area contributed by atoms with Gasteiger partial charge in [0.1, 0.15) is 24.9 Å². The molecule has 4 aromatic carbocycles. The van der Waals surface area contributed by atoms with E-state index in [4.69, 9.17) is 27.9 Å². The maximum Gasteiger partial charge on any atom is 0.244 e. The molecule has 2 amide bonds. The number of halogens is 2. The Morgan fingerprint density at radius 1 is 0.818 bits per heavy atom. The first-order valence-electron chi connectivity index (χ1n) is 13.8. The molecule has 0 aliphatic heterocycles. The van der Waals surface area contributed by atoms with Crippen LogP contribution in [-0.2, 0) is 39.2 Å². The zero-order valence-electron chi connectivity index (χ0n) is 24.3. The third-order valence-electron chi connectivity index (χ3n) is 6.91. The van der Waals surface area contributed by atoms with Gasteiger partial charge in [-0.1, -0.05) is 89.9 Å². The molecule has 0 unspecified atom stereocenters. The molecule has 0 aliphatic rings. The minimum atomic E-state index is -3.90. The van der Waals surface area contributed by atoms with E-state index in [-0.39, 0.29) is 18.7 Å². The lowest BCUT2D eigenvalue weighted by Crippen LogP contribution is -2.52. The summed E-state index contributed by atoms with van der Waals surface area (Å²) in [5.74, 6) is -0.426. The maximum atomic E-state index is 14.1. The molecule has 8 nitrogen and oxygen atoms in total. The number of amides is 2. The van der Waals surface area contributed by atoms with Crippen molar-refractivity contribution >= 4 is 50.7 Å². The largest absolute Gasteiger partial charge is 0.489 e. The molecule has 0 aliphatic carbocycles. The first-order chi connectivity index (χ1) is 21.0. The Balaban J connectivity index is 1.63. The number of nitrogens with zero attached hydrogens (tertiary/aromatic N) is 2. The smallest absolute Gasteiger partial charge is 0.244 e. The Hall–Kier alpha value is -4.05. The molecule has 4 aromatic rings. The standard InChI is InChI=1S/C33H33Cl2N3O5S/c1-36-33(40)31(20-24-9-5-3-6-10-24)37(21-26-13-18-29(34)30(35)19-26)32(39)22-38(44(2,41)42)27-14-16-28(17-15-27)43-23-25-11-7-4-8-12-25/h3-19,31H,20-23H2,1-2H3,(H,36,40)/t31-/m0/s1. The molecule has 0 fully saturated rings. The summed E-state index contributed by atoms with van der Waals surface area (Å²) in [7, 11) is -2.41. The summed E-state index contributed by atoms with van der Waals surface area (Å²) in [6, 6.07) is 29.4. The number of nitrogens with one attached hydrogen (secondary N) is 1. The number of likely N-dealkylation sites (N-methyl/N-ethyl adjacent to an activating group) is 1. The number of anilines is 1. The number of ether oxygens (including phenoxy) is 1. The van der Waals surface area contributed by atoms with E-state index < -0.39 is 34.4 Å². The van der Waals surface area contributed by atoms with Gasteiger partial charge in [0.15, 0.2) is 0 Å². The number of carbonyl (C=O) groups is 2. The third-order valence-corrected chi connectivity index (χ3v) is 8.79. The molecule has 1 atom stereocenters. The molecular weight excluding hydrogens is 621 g/mol. The van der Waals surface area contributed by atoms with Crippen molar-refractivity contribution < 1.29 is 22.7 Å². The monoisotopic (exact) mass is 653 g/mol. The molecule has 0 spiro atoms. The van der Waals surface area contributed by atoms with Crippen LogP contribution in [0.25, 0.3) is 0 Å². The maximum absolute atomic E-state index is 14.1.